The third kappa shape index (κ3) is 3.78. The van der Waals surface area contributed by atoms with Gasteiger partial charge in [0.05, 0.1) is 0 Å². The van der Waals surface area contributed by atoms with Gasteiger partial charge in [-0.1, -0.05) is 19.0 Å². The Morgan fingerprint density at radius 3 is 2.92 bits per heavy atom. The maximum Gasteiger partial charge on any atom is 0.274 e. The van der Waals surface area contributed by atoms with E-state index in [2.05, 4.69) is 15.2 Å². The van der Waals surface area contributed by atoms with Crippen LogP contribution in [0.4, 0.5) is 0 Å². The lowest BCUT2D eigenvalue weighted by molar-refractivity contribution is 0.0694. The van der Waals surface area contributed by atoms with E-state index in [1.807, 2.05) is 13.8 Å². The normalized spacial score (nSPS) is 17.7. The highest BCUT2D eigenvalue weighted by Crippen LogP contribution is 2.25. The molecule has 0 unspecified atom stereocenters. The number of amides is 1. The van der Waals surface area contributed by atoms with Crippen LogP contribution in [0.2, 0.25) is 0 Å². The van der Waals surface area contributed by atoms with E-state index in [0.29, 0.717) is 43.5 Å². The lowest BCUT2D eigenvalue weighted by atomic mass is 9.97. The van der Waals surface area contributed by atoms with E-state index in [1.54, 1.807) is 4.90 Å². The van der Waals surface area contributed by atoms with Gasteiger partial charge in [-0.05, 0) is 25.3 Å². The molecule has 1 amide bonds. The van der Waals surface area contributed by atoms with Gasteiger partial charge in [-0.25, -0.2) is 4.68 Å². The van der Waals surface area contributed by atoms with Crippen LogP contribution in [0.3, 0.4) is 0 Å². The van der Waals surface area contributed by atoms with Crippen LogP contribution in [0.1, 0.15) is 61.2 Å². The van der Waals surface area contributed by atoms with Crippen LogP contribution in [0.15, 0.2) is 21.5 Å². The second-order valence-corrected chi connectivity index (χ2v) is 6.27. The van der Waals surface area contributed by atoms with Crippen molar-refractivity contribution < 1.29 is 9.32 Å². The van der Waals surface area contributed by atoms with Gasteiger partial charge < -0.3 is 9.42 Å². The van der Waals surface area contributed by atoms with Crippen molar-refractivity contribution in [2.75, 3.05) is 13.1 Å². The maximum atomic E-state index is 12.8. The fourth-order valence-corrected chi connectivity index (χ4v) is 3.05. The summed E-state index contributed by atoms with van der Waals surface area (Å²) in [7, 11) is 0. The molecule has 0 aromatic carbocycles. The second kappa shape index (κ2) is 7.58. The zero-order valence-electron chi connectivity index (χ0n) is 14.6. The number of piperidine rings is 1. The average Bonchev–Trinajstić information content (AvgIpc) is 3.12. The highest BCUT2D eigenvalue weighted by atomic mass is 16.5. The molecule has 0 spiro atoms. The van der Waals surface area contributed by atoms with Gasteiger partial charge in [-0.15, -0.1) is 0 Å². The number of rotatable bonds is 5. The highest BCUT2D eigenvalue weighted by Gasteiger charge is 2.29. The minimum Gasteiger partial charge on any atom is -0.339 e. The first-order chi connectivity index (χ1) is 12.1. The molecule has 1 aliphatic heterocycles. The summed E-state index contributed by atoms with van der Waals surface area (Å²) < 4.78 is 6.54. The number of aryl methyl sites for hydroxylation is 2. The van der Waals surface area contributed by atoms with Crippen molar-refractivity contribution in [2.45, 2.75) is 52.0 Å². The minimum atomic E-state index is -0.186. The summed E-state index contributed by atoms with van der Waals surface area (Å²) in [5.74, 6) is 1.20. The average molecular weight is 345 g/mol. The molecule has 1 saturated heterocycles. The lowest BCUT2D eigenvalue weighted by Crippen LogP contribution is -2.40. The number of aromatic nitrogens is 4. The Bertz CT molecular complexity index is 798. The minimum absolute atomic E-state index is 0.0725. The van der Waals surface area contributed by atoms with Gasteiger partial charge in [0.25, 0.3) is 11.5 Å². The fourth-order valence-electron chi connectivity index (χ4n) is 3.05. The van der Waals surface area contributed by atoms with Crippen molar-refractivity contribution in [1.82, 2.24) is 24.8 Å². The summed E-state index contributed by atoms with van der Waals surface area (Å²) in [6.07, 6.45) is 3.29. The Kier molecular flexibility index (Phi) is 5.25. The molecular formula is C17H23N5O3. The molecule has 0 saturated carbocycles. The second-order valence-electron chi connectivity index (χ2n) is 6.27. The molecule has 0 aliphatic carbocycles. The highest BCUT2D eigenvalue weighted by molar-refractivity contribution is 5.92. The molecule has 134 valence electrons. The first-order valence-electron chi connectivity index (χ1n) is 8.82. The van der Waals surface area contributed by atoms with Crippen LogP contribution in [0.5, 0.6) is 0 Å². The molecule has 1 fully saturated rings. The molecule has 3 rings (SSSR count). The van der Waals surface area contributed by atoms with Crippen LogP contribution in [-0.2, 0) is 13.0 Å². The quantitative estimate of drug-likeness (QED) is 0.817. The first kappa shape index (κ1) is 17.3. The summed E-state index contributed by atoms with van der Waals surface area (Å²) >= 11 is 0. The van der Waals surface area contributed by atoms with E-state index in [1.165, 1.54) is 16.8 Å². The van der Waals surface area contributed by atoms with Crippen molar-refractivity contribution in [3.05, 3.63) is 39.9 Å². The molecule has 8 heteroatoms. The lowest BCUT2D eigenvalue weighted by Gasteiger charge is -2.31. The number of nitrogens with zero attached hydrogens (tertiary/aromatic N) is 5. The van der Waals surface area contributed by atoms with Gasteiger partial charge in [0.2, 0.25) is 5.89 Å². The third-order valence-electron chi connectivity index (χ3n) is 4.38. The number of likely N-dealkylation sites (tertiary alicyclic amines) is 1. The van der Waals surface area contributed by atoms with Crippen molar-refractivity contribution in [2.24, 2.45) is 0 Å². The molecule has 1 atom stereocenters. The van der Waals surface area contributed by atoms with Crippen LogP contribution in [0.25, 0.3) is 0 Å². The van der Waals surface area contributed by atoms with Crippen molar-refractivity contribution >= 4 is 5.91 Å². The number of carbonyl (C=O) groups excluding carboxylic acids is 1. The fraction of sp³-hybridized carbons (Fsp3) is 0.588. The monoisotopic (exact) mass is 345 g/mol. The number of hydrogen-bond acceptors (Lipinski definition) is 6. The SMILES string of the molecule is CCCn1nc(C(=O)N2CCC[C@H](c3noc(CC)n3)C2)ccc1=O. The largest absolute Gasteiger partial charge is 0.339 e. The van der Waals surface area contributed by atoms with Crippen LogP contribution >= 0.6 is 0 Å². The molecule has 25 heavy (non-hydrogen) atoms. The summed E-state index contributed by atoms with van der Waals surface area (Å²) in [6.45, 7) is 5.64. The third-order valence-corrected chi connectivity index (χ3v) is 4.38. The van der Waals surface area contributed by atoms with Gasteiger partial charge in [0.1, 0.15) is 5.69 Å². The van der Waals surface area contributed by atoms with Crippen molar-refractivity contribution in [3.63, 3.8) is 0 Å². The van der Waals surface area contributed by atoms with Gasteiger partial charge >= 0.3 is 0 Å². The van der Waals surface area contributed by atoms with Gasteiger partial charge in [0, 0.05) is 38.0 Å². The number of hydrogen-bond donors (Lipinski definition) is 0. The molecular weight excluding hydrogens is 322 g/mol. The standard InChI is InChI=1S/C17H23N5O3/c1-3-9-22-15(23)8-7-13(19-22)17(24)21-10-5-6-12(11-21)16-18-14(4-2)25-20-16/h7-8,12H,3-6,9-11H2,1-2H3/t12-/m0/s1. The topological polar surface area (TPSA) is 94.1 Å². The smallest absolute Gasteiger partial charge is 0.274 e. The summed E-state index contributed by atoms with van der Waals surface area (Å²) in [5, 5.41) is 8.26. The Morgan fingerprint density at radius 2 is 2.20 bits per heavy atom. The molecule has 0 N–H and O–H groups in total. The van der Waals surface area contributed by atoms with E-state index in [0.717, 1.165) is 19.3 Å². The summed E-state index contributed by atoms with van der Waals surface area (Å²) in [6, 6.07) is 2.91. The van der Waals surface area contributed by atoms with E-state index >= 15 is 0 Å². The Hall–Kier alpha value is -2.51. The summed E-state index contributed by atoms with van der Waals surface area (Å²) in [4.78, 5) is 30.7. The zero-order chi connectivity index (χ0) is 17.8. The summed E-state index contributed by atoms with van der Waals surface area (Å²) in [5.41, 5.74) is 0.116. The van der Waals surface area contributed by atoms with E-state index in [4.69, 9.17) is 4.52 Å². The maximum absolute atomic E-state index is 12.8. The van der Waals surface area contributed by atoms with E-state index in [9.17, 15) is 9.59 Å². The van der Waals surface area contributed by atoms with Gasteiger partial charge in [0.15, 0.2) is 5.82 Å². The molecule has 1 aliphatic rings. The molecule has 0 radical (unpaired) electrons. The number of carbonyl (C=O) groups is 1. The van der Waals surface area contributed by atoms with Gasteiger partial charge in [-0.3, -0.25) is 9.59 Å². The van der Waals surface area contributed by atoms with E-state index < -0.39 is 0 Å². The first-order valence-corrected chi connectivity index (χ1v) is 8.82. The Labute approximate surface area is 145 Å². The Balaban J connectivity index is 1.75. The van der Waals surface area contributed by atoms with Crippen LogP contribution < -0.4 is 5.56 Å². The van der Waals surface area contributed by atoms with E-state index in [-0.39, 0.29) is 17.4 Å². The van der Waals surface area contributed by atoms with Crippen molar-refractivity contribution in [1.29, 1.82) is 0 Å². The molecule has 2 aromatic heterocycles. The molecule has 3 heterocycles. The zero-order valence-corrected chi connectivity index (χ0v) is 14.6. The van der Waals surface area contributed by atoms with Crippen LogP contribution in [0, 0.1) is 0 Å². The van der Waals surface area contributed by atoms with Crippen molar-refractivity contribution in [3.8, 4) is 0 Å². The molecule has 2 aromatic rings. The predicted octanol–water partition coefficient (Wildman–Crippen LogP) is 1.62. The molecule has 0 bridgehead atoms. The Morgan fingerprint density at radius 1 is 1.36 bits per heavy atom. The van der Waals surface area contributed by atoms with Gasteiger partial charge in [-0.2, -0.15) is 10.1 Å². The van der Waals surface area contributed by atoms with Crippen LogP contribution in [-0.4, -0.2) is 43.8 Å². The molecule has 8 nitrogen and oxygen atoms in total. The predicted molar refractivity (Wildman–Crippen MR) is 90.3 cm³/mol.